The largest absolute Gasteiger partial charge is 0.481 e. The van der Waals surface area contributed by atoms with Gasteiger partial charge in [0.1, 0.15) is 48.3 Å². The number of hydrogen-bond donors (Lipinski definition) is 17. The second-order valence-corrected chi connectivity index (χ2v) is 26.1. The number of hydrogen-bond acceptors (Lipinski definition) is 19. The number of carbonyl (C=O) groups is 15. The van der Waals surface area contributed by atoms with Crippen LogP contribution in [0.15, 0.2) is 4.99 Å². The molecule has 36 heteroatoms. The summed E-state index contributed by atoms with van der Waals surface area (Å²) in [6.07, 6.45) is -1.27. The first-order valence-corrected chi connectivity index (χ1v) is 33.2. The van der Waals surface area contributed by atoms with Crippen molar-refractivity contribution in [1.29, 1.82) is 0 Å². The van der Waals surface area contributed by atoms with E-state index in [4.69, 9.17) is 33.8 Å². The SMILES string of the molecule is CC(C)C[C@H](NC(=O)CNC(=O)[C@H](CC(C)C)NC(=O)[C@@H]1CCCN1C(=O)[C@@H](N)CCC(=O)O)C(=O)N[C@@H](CCCCN)C(=O)N[C@@H](C)C(=O)N[C@@H](CCC(=O)O)C(=O)N[C@@H](CCCN=C(N)N)C(=O)N(C(=O)CCCCC1SCC2NC(=O)NC21)[C@@H](CCC(N)=O)C(=O)O. The van der Waals surface area contributed by atoms with Crippen LogP contribution in [-0.2, 0) is 67.1 Å². The van der Waals surface area contributed by atoms with Crippen LogP contribution in [0.5, 0.6) is 0 Å². The van der Waals surface area contributed by atoms with Gasteiger partial charge >= 0.3 is 23.9 Å². The molecule has 3 rings (SSSR count). The molecule has 0 aromatic heterocycles. The second-order valence-electron chi connectivity index (χ2n) is 24.8. The number of carboxylic acids is 3. The van der Waals surface area contributed by atoms with E-state index in [1.54, 1.807) is 39.5 Å². The fourth-order valence-corrected chi connectivity index (χ4v) is 12.6. The highest BCUT2D eigenvalue weighted by molar-refractivity contribution is 8.00. The zero-order chi connectivity index (χ0) is 71.2. The zero-order valence-electron chi connectivity index (χ0n) is 54.7. The van der Waals surface area contributed by atoms with Crippen molar-refractivity contribution in [3.8, 4) is 0 Å². The number of aliphatic imine (C=N–C) groups is 1. The predicted molar refractivity (Wildman–Crippen MR) is 344 cm³/mol. The predicted octanol–water partition coefficient (Wildman–Crippen LogP) is -3.85. The fourth-order valence-electron chi connectivity index (χ4n) is 11.1. The number of nitrogens with zero attached hydrogens (tertiary/aromatic N) is 3. The van der Waals surface area contributed by atoms with E-state index in [9.17, 15) is 82.1 Å². The summed E-state index contributed by atoms with van der Waals surface area (Å²) in [4.78, 5) is 205. The van der Waals surface area contributed by atoms with E-state index in [-0.39, 0.29) is 131 Å². The summed E-state index contributed by atoms with van der Waals surface area (Å²) in [6.45, 7) is 7.88. The molecule has 534 valence electrons. The number of nitrogens with two attached hydrogens (primary N) is 5. The molecule has 0 spiro atoms. The lowest BCUT2D eigenvalue weighted by Crippen LogP contribution is -2.60. The van der Waals surface area contributed by atoms with Gasteiger partial charge in [-0.1, -0.05) is 34.1 Å². The lowest BCUT2D eigenvalue weighted by Gasteiger charge is -2.32. The number of carbonyl (C=O) groups excluding carboxylic acids is 12. The second kappa shape index (κ2) is 40.8. The Morgan fingerprint density at radius 3 is 1.85 bits per heavy atom. The summed E-state index contributed by atoms with van der Waals surface area (Å²) in [5.41, 5.74) is 28.1. The summed E-state index contributed by atoms with van der Waals surface area (Å²) >= 11 is 1.63. The van der Waals surface area contributed by atoms with Gasteiger partial charge in [0.05, 0.1) is 24.7 Å². The molecule has 13 amide bonds. The van der Waals surface area contributed by atoms with Gasteiger partial charge < -0.3 is 96.7 Å². The number of unbranched alkanes of at least 4 members (excludes halogenated alkanes) is 2. The normalized spacial score (nSPS) is 18.9. The average Bonchev–Trinajstić information content (AvgIpc) is 1.80. The Kier molecular flexibility index (Phi) is 34.7. The van der Waals surface area contributed by atoms with Gasteiger partial charge in [-0.2, -0.15) is 11.8 Å². The van der Waals surface area contributed by atoms with Crippen LogP contribution in [0.4, 0.5) is 4.79 Å². The molecule has 3 unspecified atom stereocenters. The Hall–Kier alpha value is -8.41. The number of thioether (sulfide) groups is 1. The number of rotatable bonds is 44. The van der Waals surface area contributed by atoms with Gasteiger partial charge in [-0.3, -0.25) is 72.2 Å². The highest BCUT2D eigenvalue weighted by atomic mass is 32.2. The molecule has 22 N–H and O–H groups in total. The number of urea groups is 1. The monoisotopic (exact) mass is 1370 g/mol. The van der Waals surface area contributed by atoms with E-state index in [1.165, 1.54) is 11.8 Å². The Morgan fingerprint density at radius 1 is 0.653 bits per heavy atom. The molecule has 3 aliphatic heterocycles. The van der Waals surface area contributed by atoms with Crippen LogP contribution in [0.1, 0.15) is 157 Å². The molecule has 3 aliphatic rings. The van der Waals surface area contributed by atoms with Crippen molar-refractivity contribution in [3.63, 3.8) is 0 Å². The minimum absolute atomic E-state index is 0.00400. The maximum Gasteiger partial charge on any atom is 0.326 e. The van der Waals surface area contributed by atoms with Crippen LogP contribution in [0, 0.1) is 11.8 Å². The van der Waals surface area contributed by atoms with Crippen LogP contribution >= 0.6 is 11.8 Å². The maximum absolute atomic E-state index is 14.7. The van der Waals surface area contributed by atoms with E-state index in [1.807, 2.05) is 0 Å². The summed E-state index contributed by atoms with van der Waals surface area (Å²) < 4.78 is 0. The van der Waals surface area contributed by atoms with Gasteiger partial charge in [-0.05, 0) is 115 Å². The van der Waals surface area contributed by atoms with E-state index in [0.29, 0.717) is 36.3 Å². The van der Waals surface area contributed by atoms with Gasteiger partial charge in [0.15, 0.2) is 5.96 Å². The summed E-state index contributed by atoms with van der Waals surface area (Å²) in [6, 6.07) is -13.6. The lowest BCUT2D eigenvalue weighted by molar-refractivity contribution is -0.160. The Bertz CT molecular complexity index is 2760. The molecule has 0 aromatic rings. The first-order valence-electron chi connectivity index (χ1n) is 32.1. The van der Waals surface area contributed by atoms with Crippen LogP contribution in [0.3, 0.4) is 0 Å². The lowest BCUT2D eigenvalue weighted by atomic mass is 10.0. The Morgan fingerprint density at radius 2 is 1.24 bits per heavy atom. The summed E-state index contributed by atoms with van der Waals surface area (Å²) in [7, 11) is 0. The summed E-state index contributed by atoms with van der Waals surface area (Å²) in [5, 5.41) is 52.6. The number of guanidine groups is 1. The van der Waals surface area contributed by atoms with Crippen LogP contribution in [0.2, 0.25) is 0 Å². The number of amides is 13. The van der Waals surface area contributed by atoms with Crippen molar-refractivity contribution in [2.75, 3.05) is 31.9 Å². The van der Waals surface area contributed by atoms with Gasteiger partial charge in [-0.15, -0.1) is 0 Å². The number of aliphatic carboxylic acids is 3. The van der Waals surface area contributed by atoms with E-state index in [2.05, 4.69) is 52.8 Å². The molecule has 0 saturated carbocycles. The number of nitrogens with one attached hydrogen (secondary N) is 9. The van der Waals surface area contributed by atoms with Gasteiger partial charge in [0, 0.05) is 49.8 Å². The third-order valence-corrected chi connectivity index (χ3v) is 17.5. The van der Waals surface area contributed by atoms with E-state index in [0.717, 1.165) is 0 Å². The molecule has 12 atom stereocenters. The molecule has 35 nitrogen and oxygen atoms in total. The maximum atomic E-state index is 14.7. The Balaban J connectivity index is 1.81. The number of likely N-dealkylation sites (tertiary alicyclic amines) is 1. The third kappa shape index (κ3) is 28.2. The van der Waals surface area contributed by atoms with Crippen molar-refractivity contribution in [2.45, 2.75) is 228 Å². The molecule has 0 aromatic carbocycles. The van der Waals surface area contributed by atoms with Crippen molar-refractivity contribution >= 4 is 107 Å². The molecule has 0 radical (unpaired) electrons. The first-order chi connectivity index (χ1) is 44.7. The highest BCUT2D eigenvalue weighted by Gasteiger charge is 2.44. The Labute approximate surface area is 555 Å². The molecule has 95 heavy (non-hydrogen) atoms. The first kappa shape index (κ1) is 80.8. The average molecular weight is 1370 g/mol. The third-order valence-electron chi connectivity index (χ3n) is 16.0. The van der Waals surface area contributed by atoms with Crippen LogP contribution < -0.4 is 76.5 Å². The number of primary amides is 1. The molecule has 3 heterocycles. The summed E-state index contributed by atoms with van der Waals surface area (Å²) in [5.74, 6) is -14.3. The minimum atomic E-state index is -1.97. The zero-order valence-corrected chi connectivity index (χ0v) is 55.5. The highest BCUT2D eigenvalue weighted by Crippen LogP contribution is 2.33. The van der Waals surface area contributed by atoms with Crippen molar-refractivity contribution in [2.24, 2.45) is 45.5 Å². The van der Waals surface area contributed by atoms with E-state index >= 15 is 0 Å². The molecule has 3 saturated heterocycles. The van der Waals surface area contributed by atoms with Gasteiger partial charge in [0.2, 0.25) is 59.1 Å². The van der Waals surface area contributed by atoms with Crippen molar-refractivity contribution in [3.05, 3.63) is 0 Å². The van der Waals surface area contributed by atoms with Crippen molar-refractivity contribution in [1.82, 2.24) is 57.7 Å². The molecule has 3 fully saturated rings. The standard InChI is InChI=1S/C59H99N17O18S/c1-30(2)26-37(72-54(89)40-14-11-25-75(40)55(90)33(61)17-21-46(80)81)50(85)66-28-44(78)68-38(27-31(3)4)53(88)70-34(12-8-9-23-60)51(86)67-32(5)49(84)69-35(18-22-47(82)83)52(87)71-36(13-10-24-65-58(63)64)56(91)76(41(57(92)93)19-20-43(62)77)45(79)16-7-6-15-42-48-39(29-95-42)73-59(94)74-48/h30-42,48H,6-29,60-61H2,1-5H3,(H2,62,77)(H,66,85)(H,67,86)(H,68,78)(H,69,84)(H,70,88)(H,71,87)(H,72,89)(H,80,81)(H,82,83)(H,92,93)(H4,63,64,65)(H2,73,74,94)/t32-,33-,34-,35-,36-,37-,38-,39?,40-,41-,42?,48?/m0/s1. The topological polar surface area (TPSA) is 574 Å². The van der Waals surface area contributed by atoms with Crippen LogP contribution in [0.25, 0.3) is 0 Å². The molecule has 0 aliphatic carbocycles. The van der Waals surface area contributed by atoms with Gasteiger partial charge in [-0.25, -0.2) is 9.59 Å². The number of imide groups is 1. The quantitative estimate of drug-likeness (QED) is 0.0120. The minimum Gasteiger partial charge on any atom is -0.481 e. The molecular formula is C59H99N17O18S. The molecule has 0 bridgehead atoms. The number of carboxylic acid groups (broad SMARTS) is 3. The number of fused-ring (bicyclic) bond motifs is 1. The van der Waals surface area contributed by atoms with Crippen molar-refractivity contribution < 1.29 is 87.2 Å². The smallest absolute Gasteiger partial charge is 0.326 e. The van der Waals surface area contributed by atoms with Gasteiger partial charge in [0.25, 0.3) is 5.91 Å². The molecular weight excluding hydrogens is 1270 g/mol. The van der Waals surface area contributed by atoms with Crippen LogP contribution in [-0.4, -0.2) is 224 Å². The van der Waals surface area contributed by atoms with E-state index < -0.39 is 169 Å². The fraction of sp³-hybridized carbons (Fsp3) is 0.729.